The van der Waals surface area contributed by atoms with E-state index in [4.69, 9.17) is 2.74 Å². The first-order valence-corrected chi connectivity index (χ1v) is 30.3. The van der Waals surface area contributed by atoms with Crippen LogP contribution in [0.5, 0.6) is 0 Å². The molecule has 0 radical (unpaired) electrons. The number of aliphatic hydroxyl groups is 3. The number of carbonyl (C=O) groups is 3. The number of hydrogen-bond donors (Lipinski definition) is 6. The van der Waals surface area contributed by atoms with Crippen LogP contribution < -0.4 is 30.7 Å². The maximum atomic E-state index is 14.7. The molecule has 0 aliphatic carbocycles. The molecule has 474 valence electrons. The molecule has 0 unspecified atom stereocenters. The number of benzene rings is 3. The lowest BCUT2D eigenvalue weighted by atomic mass is 10.0. The Hall–Kier alpha value is -11.3. The van der Waals surface area contributed by atoms with Crippen LogP contribution in [0, 0.1) is 51.4 Å². The van der Waals surface area contributed by atoms with E-state index in [-0.39, 0.29) is 104 Å². The van der Waals surface area contributed by atoms with Gasteiger partial charge in [-0.2, -0.15) is 31.1 Å². The molecule has 24 nitrogen and oxygen atoms in total. The third kappa shape index (κ3) is 11.7. The van der Waals surface area contributed by atoms with Gasteiger partial charge in [0.05, 0.1) is 160 Å². The predicted molar refractivity (Wildman–Crippen MR) is 335 cm³/mol. The normalized spacial score (nSPS) is 20.2. The summed E-state index contributed by atoms with van der Waals surface area (Å²) < 4.78 is 65.0. The molecule has 12 heterocycles. The van der Waals surface area contributed by atoms with Crippen LogP contribution in [0.4, 0.5) is 30.6 Å². The number of carbonyl (C=O) groups excluding carboxylic acids is 3. The number of fused-ring (bicyclic) bond motifs is 3. The number of aromatic nitrogens is 9. The molecule has 5 atom stereocenters. The fraction of sp³-hybridized carbons (Fsp3) is 0.284. The highest BCUT2D eigenvalue weighted by Crippen LogP contribution is 2.37. The van der Waals surface area contributed by atoms with E-state index < -0.39 is 48.2 Å². The zero-order valence-corrected chi connectivity index (χ0v) is 50.5. The smallest absolute Gasteiger partial charge is 0.255 e. The zero-order valence-electron chi connectivity index (χ0n) is 52.5. The van der Waals surface area contributed by atoms with Gasteiger partial charge in [0.2, 0.25) is 0 Å². The minimum absolute atomic E-state index is 0.00953. The van der Waals surface area contributed by atoms with E-state index in [1.807, 2.05) is 45.0 Å². The number of rotatable bonds is 9. The average Bonchev–Trinajstić information content (AvgIpc) is 1.53. The van der Waals surface area contributed by atoms with Gasteiger partial charge in [0.15, 0.2) is 17.5 Å². The van der Waals surface area contributed by atoms with Gasteiger partial charge in [-0.1, -0.05) is 18.2 Å². The summed E-state index contributed by atoms with van der Waals surface area (Å²) in [4.78, 5) is 56.9. The number of β-amino-alcohol motifs (C(OH)–C–C–N with tert-alkyl or cyclic N) is 3. The van der Waals surface area contributed by atoms with Gasteiger partial charge in [-0.05, 0) is 101 Å². The van der Waals surface area contributed by atoms with Crippen molar-refractivity contribution >= 4 is 35.2 Å². The van der Waals surface area contributed by atoms with Crippen LogP contribution in [0.25, 0.3) is 50.8 Å². The molecule has 27 heteroatoms. The Morgan fingerprint density at radius 3 is 1.27 bits per heavy atom. The lowest BCUT2D eigenvalue weighted by Crippen LogP contribution is -2.44. The SMILES string of the molecule is C[C@H]1CC[C@@H](O)CN1c1ccn(-c2cc(-c3c(F)cccc3C#N)nc3c2C(=O)NC3)n1.C[C@H]1CC[C@H](O)CN1c1ccn(-c2cc(-c3c(F)cccc3C#N)nc3c2C(=O)NC3)n1.[2H]C1([2H])NC(=O)c2c(-n3ccc(N4CC[C@@H](O)C4)n3)cc(-c3c(F)cccc3C#N)nc21. The summed E-state index contributed by atoms with van der Waals surface area (Å²) in [5.74, 6) is -1.07. The first-order chi connectivity index (χ1) is 46.2. The van der Waals surface area contributed by atoms with E-state index >= 15 is 0 Å². The van der Waals surface area contributed by atoms with Crippen molar-refractivity contribution < 1.29 is 45.6 Å². The van der Waals surface area contributed by atoms with E-state index in [0.717, 1.165) is 25.7 Å². The van der Waals surface area contributed by atoms with Crippen LogP contribution in [0.3, 0.4) is 0 Å². The molecular formula is C67H59F3N18O6. The summed E-state index contributed by atoms with van der Waals surface area (Å²) in [6, 6.07) is 29.0. The molecule has 6 aliphatic heterocycles. The number of anilines is 3. The summed E-state index contributed by atoms with van der Waals surface area (Å²) in [7, 11) is 0. The molecule has 0 bridgehead atoms. The van der Waals surface area contributed by atoms with Crippen LogP contribution in [0.2, 0.25) is 0 Å². The molecule has 0 saturated carbocycles. The summed E-state index contributed by atoms with van der Waals surface area (Å²) in [6.07, 6.45) is 7.65. The molecule has 6 aliphatic rings. The van der Waals surface area contributed by atoms with Gasteiger partial charge in [-0.3, -0.25) is 14.4 Å². The van der Waals surface area contributed by atoms with Crippen LogP contribution in [0.1, 0.15) is 114 Å². The number of nitriles is 3. The Balaban J connectivity index is 0.000000130. The van der Waals surface area contributed by atoms with Crippen molar-refractivity contribution in [3.05, 3.63) is 178 Å². The van der Waals surface area contributed by atoms with Gasteiger partial charge in [0, 0.05) is 75.1 Å². The number of amides is 3. The van der Waals surface area contributed by atoms with E-state index in [2.05, 4.69) is 60.0 Å². The molecule has 0 spiro atoms. The molecular weight excluding hydrogens is 1210 g/mol. The number of pyridine rings is 3. The third-order valence-corrected chi connectivity index (χ3v) is 17.4. The molecule has 6 aromatic heterocycles. The maximum Gasteiger partial charge on any atom is 0.255 e. The van der Waals surface area contributed by atoms with E-state index in [1.54, 1.807) is 46.2 Å². The first-order valence-electron chi connectivity index (χ1n) is 31.3. The highest BCUT2D eigenvalue weighted by Gasteiger charge is 2.34. The zero-order chi connectivity index (χ0) is 67.4. The number of halogens is 3. The quantitative estimate of drug-likeness (QED) is 0.0862. The Labute approximate surface area is 538 Å². The van der Waals surface area contributed by atoms with E-state index in [0.29, 0.717) is 83.9 Å². The number of hydrogen-bond acceptors (Lipinski definition) is 18. The molecule has 3 saturated heterocycles. The standard InChI is InChI=1S/2C23H21FN6O2.C21H17FN6O2/c2*1-13-5-6-15(31)12-29(13)20-7-8-30(28-20)19-9-17(27-18-11-26-23(32)22(18)19)21-14(10-25)3-2-4-16(21)24;22-14-3-1-2-12(9-23)19(14)15-8-17(20-16(25-15)10-24-21(20)30)28-7-5-18(26-28)27-6-4-13(29)11-27/h2*2-4,7-9,13,15,31H,5-6,11-12H2,1H3,(H,26,32);1-3,5,7-8,13,29H,4,6,10-11H2,(H,24,30)/t13-,15+;13-,15-;13-/m001/s1/i;;10D2. The van der Waals surface area contributed by atoms with Crippen molar-refractivity contribution in [2.45, 2.75) is 95.9 Å². The van der Waals surface area contributed by atoms with Crippen molar-refractivity contribution in [3.8, 4) is 69.0 Å². The number of piperidine rings is 2. The van der Waals surface area contributed by atoms with Gasteiger partial charge in [-0.15, -0.1) is 0 Å². The lowest BCUT2D eigenvalue weighted by molar-refractivity contribution is 0.0957. The second-order valence-corrected chi connectivity index (χ2v) is 23.4. The fourth-order valence-corrected chi connectivity index (χ4v) is 12.6. The third-order valence-electron chi connectivity index (χ3n) is 17.4. The number of aliphatic hydroxyl groups excluding tert-OH is 3. The highest BCUT2D eigenvalue weighted by atomic mass is 19.1. The first kappa shape index (κ1) is 59.0. The number of nitrogens with one attached hydrogen (secondary N) is 3. The minimum atomic E-state index is -2.27. The topological polar surface area (TPSA) is 321 Å². The van der Waals surface area contributed by atoms with E-state index in [9.17, 15) is 58.7 Å². The Morgan fingerprint density at radius 2 is 0.862 bits per heavy atom. The monoisotopic (exact) mass is 1270 g/mol. The molecule has 94 heavy (non-hydrogen) atoms. The minimum Gasteiger partial charge on any atom is -0.391 e. The average molecular weight is 1270 g/mol. The van der Waals surface area contributed by atoms with Crippen molar-refractivity contribution in [1.82, 2.24) is 60.2 Å². The van der Waals surface area contributed by atoms with Gasteiger partial charge in [0.25, 0.3) is 17.7 Å². The van der Waals surface area contributed by atoms with Crippen molar-refractivity contribution in [2.24, 2.45) is 0 Å². The summed E-state index contributed by atoms with van der Waals surface area (Å²) in [5.41, 5.74) is 3.67. The second kappa shape index (κ2) is 25.4. The van der Waals surface area contributed by atoms with Gasteiger partial charge in [-0.25, -0.2) is 42.2 Å². The van der Waals surface area contributed by atoms with Gasteiger partial charge in [0.1, 0.15) is 17.5 Å². The maximum absolute atomic E-state index is 14.7. The fourth-order valence-electron chi connectivity index (χ4n) is 12.6. The lowest BCUT2D eigenvalue weighted by Gasteiger charge is -2.36. The van der Waals surface area contributed by atoms with Crippen molar-refractivity contribution in [2.75, 3.05) is 40.9 Å². The highest BCUT2D eigenvalue weighted by molar-refractivity contribution is 6.03. The molecule has 15 rings (SSSR count). The summed E-state index contributed by atoms with van der Waals surface area (Å²) >= 11 is 0. The largest absolute Gasteiger partial charge is 0.391 e. The Morgan fingerprint density at radius 1 is 0.489 bits per heavy atom. The van der Waals surface area contributed by atoms with Gasteiger partial charge >= 0.3 is 0 Å². The van der Waals surface area contributed by atoms with Crippen LogP contribution in [0.15, 0.2) is 110 Å². The second-order valence-electron chi connectivity index (χ2n) is 23.4. The van der Waals surface area contributed by atoms with Crippen molar-refractivity contribution in [3.63, 3.8) is 0 Å². The van der Waals surface area contributed by atoms with Gasteiger partial charge < -0.3 is 46.0 Å². The Bertz CT molecular complexity index is 4570. The van der Waals surface area contributed by atoms with Crippen LogP contribution >= 0.6 is 0 Å². The molecule has 3 fully saturated rings. The van der Waals surface area contributed by atoms with Crippen molar-refractivity contribution in [1.29, 1.82) is 15.8 Å². The van der Waals surface area contributed by atoms with Crippen LogP contribution in [-0.2, 0) is 19.6 Å². The summed E-state index contributed by atoms with van der Waals surface area (Å²) in [5, 5.41) is 79.9. The number of nitrogens with zero attached hydrogens (tertiary/aromatic N) is 15. The molecule has 9 aromatic rings. The summed E-state index contributed by atoms with van der Waals surface area (Å²) in [6.45, 7) is 4.36. The molecule has 3 amide bonds. The molecule has 6 N–H and O–H groups in total. The van der Waals surface area contributed by atoms with E-state index in [1.165, 1.54) is 65.3 Å². The predicted octanol–water partition coefficient (Wildman–Crippen LogP) is 6.84. The Kier molecular flexibility index (Phi) is 16.0. The van der Waals surface area contributed by atoms with Crippen LogP contribution in [-0.4, -0.2) is 134 Å². The molecule has 3 aromatic carbocycles.